The average Bonchev–Trinajstić information content (AvgIpc) is 2.16. The highest BCUT2D eigenvalue weighted by Crippen LogP contribution is 2.04. The van der Waals surface area contributed by atoms with Crippen LogP contribution < -0.4 is 0 Å². The first-order valence-electron chi connectivity index (χ1n) is 4.79. The highest BCUT2D eigenvalue weighted by molar-refractivity contribution is 5.58. The highest BCUT2D eigenvalue weighted by atomic mass is 17.1. The van der Waals surface area contributed by atoms with E-state index in [2.05, 4.69) is 16.5 Å². The molecule has 0 radical (unpaired) electrons. The first kappa shape index (κ1) is 12.2. The zero-order valence-electron chi connectivity index (χ0n) is 8.12. The number of carbonyl (C=O) groups is 1. The van der Waals surface area contributed by atoms with Gasteiger partial charge in [0.05, 0.1) is 6.61 Å². The molecule has 0 aromatic carbocycles. The maximum atomic E-state index is 10.3. The molecule has 4 heteroatoms. The summed E-state index contributed by atoms with van der Waals surface area (Å²) >= 11 is 0. The standard InChI is InChI=1S/C9H18O4/c1-2-3-4-5-6-7-8-12-9(10)13-11/h11H,2-8H2,1H3. The van der Waals surface area contributed by atoms with Crippen molar-refractivity contribution in [2.75, 3.05) is 6.61 Å². The SMILES string of the molecule is CCCCCCCCOC(=O)OO. The fourth-order valence-electron chi connectivity index (χ4n) is 1.06. The van der Waals surface area contributed by atoms with Crippen molar-refractivity contribution in [2.45, 2.75) is 45.4 Å². The Hall–Kier alpha value is -0.770. The van der Waals surface area contributed by atoms with Crippen molar-refractivity contribution in [1.29, 1.82) is 0 Å². The molecule has 0 fully saturated rings. The van der Waals surface area contributed by atoms with Gasteiger partial charge in [-0.25, -0.2) is 4.79 Å². The van der Waals surface area contributed by atoms with Crippen molar-refractivity contribution in [3.63, 3.8) is 0 Å². The molecule has 0 spiro atoms. The molecule has 0 rings (SSSR count). The van der Waals surface area contributed by atoms with Gasteiger partial charge in [0.25, 0.3) is 0 Å². The zero-order chi connectivity index (χ0) is 9.94. The third-order valence-corrected chi connectivity index (χ3v) is 1.79. The lowest BCUT2D eigenvalue weighted by atomic mass is 10.1. The Kier molecular flexibility index (Phi) is 8.77. The summed E-state index contributed by atoms with van der Waals surface area (Å²) in [7, 11) is 0. The van der Waals surface area contributed by atoms with Crippen LogP contribution in [0.15, 0.2) is 0 Å². The molecule has 0 amide bonds. The summed E-state index contributed by atoms with van der Waals surface area (Å²) in [4.78, 5) is 13.6. The molecule has 0 unspecified atom stereocenters. The van der Waals surface area contributed by atoms with E-state index in [1.807, 2.05) is 0 Å². The fourth-order valence-corrected chi connectivity index (χ4v) is 1.06. The van der Waals surface area contributed by atoms with Crippen LogP contribution in [0.25, 0.3) is 0 Å². The largest absolute Gasteiger partial charge is 0.540 e. The van der Waals surface area contributed by atoms with Gasteiger partial charge in [0.1, 0.15) is 0 Å². The number of carbonyl (C=O) groups excluding carboxylic acids is 1. The monoisotopic (exact) mass is 190 g/mol. The van der Waals surface area contributed by atoms with Crippen LogP contribution in [-0.4, -0.2) is 18.0 Å². The average molecular weight is 190 g/mol. The van der Waals surface area contributed by atoms with E-state index < -0.39 is 6.16 Å². The minimum Gasteiger partial charge on any atom is -0.432 e. The van der Waals surface area contributed by atoms with Crippen molar-refractivity contribution in [1.82, 2.24) is 0 Å². The summed E-state index contributed by atoms with van der Waals surface area (Å²) in [6.07, 6.45) is 5.77. The smallest absolute Gasteiger partial charge is 0.432 e. The Morgan fingerprint density at radius 2 is 1.77 bits per heavy atom. The minimum absolute atomic E-state index is 0.325. The first-order chi connectivity index (χ1) is 6.31. The molecule has 0 aliphatic carbocycles. The van der Waals surface area contributed by atoms with Gasteiger partial charge in [-0.15, -0.1) is 0 Å². The summed E-state index contributed by atoms with van der Waals surface area (Å²) < 4.78 is 4.49. The molecule has 0 aromatic rings. The third-order valence-electron chi connectivity index (χ3n) is 1.79. The van der Waals surface area contributed by atoms with Crippen molar-refractivity contribution in [3.05, 3.63) is 0 Å². The zero-order valence-corrected chi connectivity index (χ0v) is 8.12. The van der Waals surface area contributed by atoms with Gasteiger partial charge in [-0.3, -0.25) is 4.89 Å². The van der Waals surface area contributed by atoms with Gasteiger partial charge < -0.3 is 4.74 Å². The molecule has 0 aliphatic rings. The van der Waals surface area contributed by atoms with Gasteiger partial charge in [0, 0.05) is 0 Å². The number of hydrogen-bond donors (Lipinski definition) is 1. The molecule has 0 heterocycles. The first-order valence-corrected chi connectivity index (χ1v) is 4.79. The van der Waals surface area contributed by atoms with Gasteiger partial charge in [-0.1, -0.05) is 39.0 Å². The molecule has 0 saturated carbocycles. The maximum absolute atomic E-state index is 10.3. The van der Waals surface area contributed by atoms with E-state index in [1.54, 1.807) is 0 Å². The number of hydrogen-bond acceptors (Lipinski definition) is 4. The normalized spacial score (nSPS) is 9.69. The Morgan fingerprint density at radius 3 is 2.38 bits per heavy atom. The van der Waals surface area contributed by atoms with Crippen LogP contribution in [-0.2, 0) is 9.62 Å². The van der Waals surface area contributed by atoms with Crippen molar-refractivity contribution in [3.8, 4) is 0 Å². The molecule has 0 aliphatic heterocycles. The predicted octanol–water partition coefficient (Wildman–Crippen LogP) is 2.97. The Balaban J connectivity index is 2.95. The van der Waals surface area contributed by atoms with Crippen LogP contribution in [0, 0.1) is 0 Å². The molecule has 0 saturated heterocycles. The van der Waals surface area contributed by atoms with E-state index in [0.717, 1.165) is 12.8 Å². The maximum Gasteiger partial charge on any atom is 0.540 e. The summed E-state index contributed by atoms with van der Waals surface area (Å²) in [5.74, 6) is 0. The van der Waals surface area contributed by atoms with Gasteiger partial charge in [-0.05, 0) is 6.42 Å². The lowest BCUT2D eigenvalue weighted by Crippen LogP contribution is -2.05. The molecule has 1 N–H and O–H groups in total. The lowest BCUT2D eigenvalue weighted by Gasteiger charge is -2.01. The second-order valence-corrected chi connectivity index (χ2v) is 2.96. The molecule has 0 atom stereocenters. The van der Waals surface area contributed by atoms with Gasteiger partial charge in [0.15, 0.2) is 0 Å². The van der Waals surface area contributed by atoms with Crippen molar-refractivity contribution in [2.24, 2.45) is 0 Å². The third kappa shape index (κ3) is 9.14. The second-order valence-electron chi connectivity index (χ2n) is 2.96. The van der Waals surface area contributed by atoms with E-state index in [4.69, 9.17) is 5.26 Å². The highest BCUT2D eigenvalue weighted by Gasteiger charge is 2.00. The van der Waals surface area contributed by atoms with E-state index >= 15 is 0 Å². The van der Waals surface area contributed by atoms with Crippen LogP contribution in [0.2, 0.25) is 0 Å². The van der Waals surface area contributed by atoms with E-state index in [0.29, 0.717) is 6.61 Å². The number of unbranched alkanes of at least 4 members (excludes halogenated alkanes) is 5. The fraction of sp³-hybridized carbons (Fsp3) is 0.889. The van der Waals surface area contributed by atoms with Crippen LogP contribution in [0.1, 0.15) is 45.4 Å². The molecular formula is C9H18O4. The Bertz CT molecular complexity index is 125. The van der Waals surface area contributed by atoms with E-state index in [1.165, 1.54) is 25.7 Å². The molecular weight excluding hydrogens is 172 g/mol. The van der Waals surface area contributed by atoms with Crippen LogP contribution in [0.5, 0.6) is 0 Å². The Labute approximate surface area is 78.8 Å². The molecule has 13 heavy (non-hydrogen) atoms. The van der Waals surface area contributed by atoms with Gasteiger partial charge in [0.2, 0.25) is 0 Å². The van der Waals surface area contributed by atoms with E-state index in [-0.39, 0.29) is 0 Å². The summed E-state index contributed by atoms with van der Waals surface area (Å²) in [6, 6.07) is 0. The molecule has 78 valence electrons. The number of rotatable bonds is 7. The topological polar surface area (TPSA) is 55.8 Å². The van der Waals surface area contributed by atoms with Crippen LogP contribution >= 0.6 is 0 Å². The summed E-state index contributed by atoms with van der Waals surface area (Å²) in [5.41, 5.74) is 0. The van der Waals surface area contributed by atoms with Crippen molar-refractivity contribution < 1.29 is 19.7 Å². The van der Waals surface area contributed by atoms with Gasteiger partial charge in [-0.2, -0.15) is 5.26 Å². The van der Waals surface area contributed by atoms with Crippen LogP contribution in [0.3, 0.4) is 0 Å². The minimum atomic E-state index is -1.02. The Morgan fingerprint density at radius 1 is 1.15 bits per heavy atom. The van der Waals surface area contributed by atoms with Crippen molar-refractivity contribution >= 4 is 6.16 Å². The molecule has 0 bridgehead atoms. The van der Waals surface area contributed by atoms with E-state index in [9.17, 15) is 4.79 Å². The molecule has 4 nitrogen and oxygen atoms in total. The molecule has 0 aromatic heterocycles. The second kappa shape index (κ2) is 9.32. The van der Waals surface area contributed by atoms with Crippen LogP contribution in [0.4, 0.5) is 4.79 Å². The summed E-state index contributed by atoms with van der Waals surface area (Å²) in [5, 5.41) is 7.83. The number of ether oxygens (including phenoxy) is 1. The lowest BCUT2D eigenvalue weighted by molar-refractivity contribution is -0.200. The summed E-state index contributed by atoms with van der Waals surface area (Å²) in [6.45, 7) is 2.49. The van der Waals surface area contributed by atoms with Gasteiger partial charge >= 0.3 is 6.16 Å². The quantitative estimate of drug-likeness (QED) is 0.290. The predicted molar refractivity (Wildman–Crippen MR) is 48.4 cm³/mol.